The van der Waals surface area contributed by atoms with E-state index >= 15 is 0 Å². The SMILES string of the molecule is CN1CC[C@]23c4c5ccc(O)c4O[C@@]2(C)[C@@H](N(C)C(=O)C#Cc2ccc(C(F)(F)F)cc2)CC[C@@]3(O)[C@H]1C5. The number of likely N-dealkylation sites (N-methyl/N-ethyl adjacent to an activating group) is 2. The zero-order valence-electron chi connectivity index (χ0n) is 21.4. The highest BCUT2D eigenvalue weighted by molar-refractivity contribution is 5.94. The number of hydrogen-bond acceptors (Lipinski definition) is 5. The van der Waals surface area contributed by atoms with Crippen LogP contribution in [0.15, 0.2) is 36.4 Å². The molecule has 2 fully saturated rings. The highest BCUT2D eigenvalue weighted by atomic mass is 19.4. The number of ether oxygens (including phenoxy) is 1. The number of carbonyl (C=O) groups excluding carboxylic acids is 1. The molecule has 38 heavy (non-hydrogen) atoms. The summed E-state index contributed by atoms with van der Waals surface area (Å²) in [6, 6.07) is 7.32. The first kappa shape index (κ1) is 25.1. The van der Waals surface area contributed by atoms with Crippen molar-refractivity contribution in [1.82, 2.24) is 9.80 Å². The molecule has 1 amide bonds. The van der Waals surface area contributed by atoms with Crippen LogP contribution in [0.1, 0.15) is 48.4 Å². The smallest absolute Gasteiger partial charge is 0.416 e. The third-order valence-corrected chi connectivity index (χ3v) is 9.64. The zero-order valence-corrected chi connectivity index (χ0v) is 21.4. The van der Waals surface area contributed by atoms with Gasteiger partial charge in [-0.2, -0.15) is 13.2 Å². The highest BCUT2D eigenvalue weighted by Crippen LogP contribution is 2.69. The van der Waals surface area contributed by atoms with Gasteiger partial charge in [0.2, 0.25) is 0 Å². The van der Waals surface area contributed by atoms with E-state index in [9.17, 15) is 28.2 Å². The third kappa shape index (κ3) is 3.07. The molecule has 6 nitrogen and oxygen atoms in total. The number of benzene rings is 2. The minimum absolute atomic E-state index is 0.0169. The number of aromatic hydroxyl groups is 1. The standard InChI is InChI=1S/C29H29F3N2O4/c1-26-21(34(3)23(36)11-6-17-4-8-19(9-5-17)29(30,31)32)12-13-28(37)22-16-18-7-10-20(35)25(38-26)24(18)27(26,28)14-15-33(22)2/h4-5,7-10,21-22,35,37H,12-16H2,1-3H3/t21-,22+,26-,27-,28+/m0/s1. The van der Waals surface area contributed by atoms with Gasteiger partial charge in [-0.05, 0) is 82.1 Å². The lowest BCUT2D eigenvalue weighted by molar-refractivity contribution is -0.226. The van der Waals surface area contributed by atoms with Crippen molar-refractivity contribution in [2.24, 2.45) is 0 Å². The molecule has 6 rings (SSSR count). The summed E-state index contributed by atoms with van der Waals surface area (Å²) in [6.07, 6.45) is -2.28. The predicted molar refractivity (Wildman–Crippen MR) is 133 cm³/mol. The maximum atomic E-state index is 13.3. The first-order valence-electron chi connectivity index (χ1n) is 12.8. The van der Waals surface area contributed by atoms with E-state index in [1.807, 2.05) is 20.0 Å². The van der Waals surface area contributed by atoms with Gasteiger partial charge >= 0.3 is 6.18 Å². The van der Waals surface area contributed by atoms with Gasteiger partial charge in [0.15, 0.2) is 11.5 Å². The molecular weight excluding hydrogens is 497 g/mol. The van der Waals surface area contributed by atoms with E-state index in [0.29, 0.717) is 37.0 Å². The molecule has 2 heterocycles. The predicted octanol–water partition coefficient (Wildman–Crippen LogP) is 3.46. The molecule has 2 aliphatic carbocycles. The summed E-state index contributed by atoms with van der Waals surface area (Å²) in [5, 5.41) is 23.2. The van der Waals surface area contributed by atoms with Crippen LogP contribution >= 0.6 is 0 Å². The largest absolute Gasteiger partial charge is 0.504 e. The summed E-state index contributed by atoms with van der Waals surface area (Å²) < 4.78 is 45.2. The minimum atomic E-state index is -4.45. The molecule has 0 unspecified atom stereocenters. The molecule has 2 aromatic rings. The second kappa shape index (κ2) is 7.90. The van der Waals surface area contributed by atoms with Gasteiger partial charge in [0.1, 0.15) is 5.60 Å². The Morgan fingerprint density at radius 2 is 1.89 bits per heavy atom. The van der Waals surface area contributed by atoms with Crippen LogP contribution in [0.3, 0.4) is 0 Å². The Bertz CT molecular complexity index is 1400. The lowest BCUT2D eigenvalue weighted by Gasteiger charge is -2.67. The Morgan fingerprint density at radius 3 is 2.58 bits per heavy atom. The van der Waals surface area contributed by atoms with Crippen LogP contribution in [-0.2, 0) is 22.8 Å². The fourth-order valence-corrected chi connectivity index (χ4v) is 7.84. The molecule has 2 aliphatic heterocycles. The number of alkyl halides is 3. The second-order valence-corrected chi connectivity index (χ2v) is 11.2. The second-order valence-electron chi connectivity index (χ2n) is 11.2. The van der Waals surface area contributed by atoms with Gasteiger partial charge in [-0.25, -0.2) is 0 Å². The van der Waals surface area contributed by atoms with Crippen LogP contribution in [0.5, 0.6) is 11.5 Å². The zero-order chi connectivity index (χ0) is 27.3. The fraction of sp³-hybridized carbons (Fsp3) is 0.483. The Morgan fingerprint density at radius 1 is 1.18 bits per heavy atom. The number of aliphatic hydroxyl groups is 1. The Kier molecular flexibility index (Phi) is 5.21. The Balaban J connectivity index is 1.37. The average molecular weight is 527 g/mol. The van der Waals surface area contributed by atoms with Gasteiger partial charge in [-0.3, -0.25) is 4.79 Å². The summed E-state index contributed by atoms with van der Waals surface area (Å²) in [5.74, 6) is 5.15. The van der Waals surface area contributed by atoms with Crippen molar-refractivity contribution in [2.75, 3.05) is 20.6 Å². The molecule has 0 radical (unpaired) electrons. The number of likely N-dealkylation sites (tertiary alicyclic amines) is 1. The van der Waals surface area contributed by atoms with Gasteiger partial charge in [-0.1, -0.05) is 12.0 Å². The van der Waals surface area contributed by atoms with Crippen LogP contribution in [0.2, 0.25) is 0 Å². The summed E-state index contributed by atoms with van der Waals surface area (Å²) in [6.45, 7) is 2.66. The molecule has 2 bridgehead atoms. The minimum Gasteiger partial charge on any atom is -0.504 e. The lowest BCUT2D eigenvalue weighted by Crippen LogP contribution is -2.81. The number of rotatable bonds is 1. The first-order valence-corrected chi connectivity index (χ1v) is 12.8. The molecule has 1 saturated carbocycles. The van der Waals surface area contributed by atoms with Crippen molar-refractivity contribution in [3.05, 3.63) is 58.7 Å². The van der Waals surface area contributed by atoms with E-state index in [1.165, 1.54) is 17.0 Å². The van der Waals surface area contributed by atoms with Crippen molar-refractivity contribution in [2.45, 2.75) is 67.5 Å². The maximum Gasteiger partial charge on any atom is 0.416 e. The van der Waals surface area contributed by atoms with Crippen molar-refractivity contribution in [3.8, 4) is 23.3 Å². The van der Waals surface area contributed by atoms with Gasteiger partial charge in [0.05, 0.1) is 22.6 Å². The maximum absolute atomic E-state index is 13.3. The number of hydrogen-bond donors (Lipinski definition) is 2. The van der Waals surface area contributed by atoms with Crippen molar-refractivity contribution in [1.29, 1.82) is 0 Å². The lowest BCUT2D eigenvalue weighted by atomic mass is 9.44. The van der Waals surface area contributed by atoms with Crippen LogP contribution in [0.4, 0.5) is 13.2 Å². The molecule has 5 atom stereocenters. The first-order chi connectivity index (χ1) is 17.8. The molecule has 2 N–H and O–H groups in total. The highest BCUT2D eigenvalue weighted by Gasteiger charge is 2.78. The third-order valence-electron chi connectivity index (χ3n) is 9.64. The van der Waals surface area contributed by atoms with E-state index in [2.05, 4.69) is 16.7 Å². The monoisotopic (exact) mass is 526 g/mol. The van der Waals surface area contributed by atoms with E-state index < -0.39 is 40.3 Å². The summed E-state index contributed by atoms with van der Waals surface area (Å²) >= 11 is 0. The topological polar surface area (TPSA) is 73.2 Å². The fourth-order valence-electron chi connectivity index (χ4n) is 7.84. The van der Waals surface area contributed by atoms with E-state index in [-0.39, 0.29) is 11.8 Å². The number of phenols is 1. The van der Waals surface area contributed by atoms with Crippen molar-refractivity contribution < 1.29 is 32.9 Å². The van der Waals surface area contributed by atoms with Gasteiger partial charge < -0.3 is 24.7 Å². The number of piperidine rings is 1. The van der Waals surface area contributed by atoms with Crippen LogP contribution in [-0.4, -0.2) is 69.8 Å². The van der Waals surface area contributed by atoms with Crippen molar-refractivity contribution >= 4 is 5.91 Å². The van der Waals surface area contributed by atoms with Gasteiger partial charge in [0, 0.05) is 30.1 Å². The molecule has 2 aromatic carbocycles. The molecular formula is C29H29F3N2O4. The number of nitrogens with zero attached hydrogens (tertiary/aromatic N) is 2. The van der Waals surface area contributed by atoms with Crippen molar-refractivity contribution in [3.63, 3.8) is 0 Å². The normalized spacial score (nSPS) is 33.0. The average Bonchev–Trinajstić information content (AvgIpc) is 3.15. The molecule has 1 saturated heterocycles. The quantitative estimate of drug-likeness (QED) is 0.557. The Hall–Kier alpha value is -3.22. The number of phenolic OH excluding ortho intramolecular Hbond substituents is 1. The molecule has 9 heteroatoms. The number of amides is 1. The number of carbonyl (C=O) groups is 1. The van der Waals surface area contributed by atoms with Gasteiger partial charge in [-0.15, -0.1) is 0 Å². The molecule has 4 aliphatic rings. The van der Waals surface area contributed by atoms with Gasteiger partial charge in [0.25, 0.3) is 5.91 Å². The summed E-state index contributed by atoms with van der Waals surface area (Å²) in [7, 11) is 3.66. The van der Waals surface area contributed by atoms with E-state index in [0.717, 1.165) is 29.8 Å². The van der Waals surface area contributed by atoms with Crippen LogP contribution in [0, 0.1) is 11.8 Å². The summed E-state index contributed by atoms with van der Waals surface area (Å²) in [4.78, 5) is 17.0. The summed E-state index contributed by atoms with van der Waals surface area (Å²) in [5.41, 5.74) is -1.54. The number of halogens is 3. The van der Waals surface area contributed by atoms with E-state index in [4.69, 9.17) is 4.74 Å². The molecule has 1 spiro atoms. The van der Waals surface area contributed by atoms with Crippen LogP contribution in [0.25, 0.3) is 0 Å². The Labute approximate surface area is 219 Å². The van der Waals surface area contributed by atoms with E-state index in [1.54, 1.807) is 13.1 Å². The molecule has 200 valence electrons. The van der Waals surface area contributed by atoms with Crippen LogP contribution < -0.4 is 4.74 Å². The molecule has 0 aromatic heterocycles.